The van der Waals surface area contributed by atoms with Crippen LogP contribution in [0.5, 0.6) is 5.75 Å². The topological polar surface area (TPSA) is 101 Å². The fourth-order valence-corrected chi connectivity index (χ4v) is 2.74. The molecular weight excluding hydrogens is 296 g/mol. The maximum absolute atomic E-state index is 12.6. The van der Waals surface area contributed by atoms with Crippen molar-refractivity contribution in [2.45, 2.75) is 12.5 Å². The maximum atomic E-state index is 12.6. The summed E-state index contributed by atoms with van der Waals surface area (Å²) in [6, 6.07) is 11.7. The predicted molar refractivity (Wildman–Crippen MR) is 81.6 cm³/mol. The number of fused-ring (bicyclic) bond motifs is 1. The maximum Gasteiger partial charge on any atom is 0.262 e. The minimum atomic E-state index is -0.805. The van der Waals surface area contributed by atoms with E-state index in [1.54, 1.807) is 36.4 Å². The third kappa shape index (κ3) is 2.55. The molecule has 0 radical (unpaired) electrons. The van der Waals surface area contributed by atoms with E-state index in [-0.39, 0.29) is 12.2 Å². The van der Waals surface area contributed by atoms with Crippen molar-refractivity contribution in [1.29, 1.82) is 0 Å². The lowest BCUT2D eigenvalue weighted by molar-refractivity contribution is -0.118. The molecule has 1 aliphatic rings. The highest BCUT2D eigenvalue weighted by molar-refractivity contribution is 6.21. The highest BCUT2D eigenvalue weighted by atomic mass is 16.3. The SMILES string of the molecule is NC(=O)CC(c1ccc(O)cc1)N1C(=O)c2ccccc2C1=O. The lowest BCUT2D eigenvalue weighted by Crippen LogP contribution is -2.36. The number of amides is 3. The Morgan fingerprint density at radius 2 is 1.52 bits per heavy atom. The third-order valence-electron chi connectivity index (χ3n) is 3.81. The van der Waals surface area contributed by atoms with Crippen LogP contribution in [-0.4, -0.2) is 27.7 Å². The van der Waals surface area contributed by atoms with Crippen LogP contribution in [0.2, 0.25) is 0 Å². The standard InChI is InChI=1S/C17H14N2O4/c18-15(21)9-14(10-5-7-11(20)8-6-10)19-16(22)12-3-1-2-4-13(12)17(19)23/h1-8,14,20H,9H2,(H2,18,21). The Bertz CT molecular complexity index is 763. The van der Waals surface area contributed by atoms with Crippen molar-refractivity contribution in [1.82, 2.24) is 4.90 Å². The molecule has 1 aliphatic heterocycles. The second kappa shape index (κ2) is 5.57. The predicted octanol–water partition coefficient (Wildman–Crippen LogP) is 1.60. The van der Waals surface area contributed by atoms with Crippen molar-refractivity contribution in [3.8, 4) is 5.75 Å². The molecule has 23 heavy (non-hydrogen) atoms. The Labute approximate surface area is 132 Å². The summed E-state index contributed by atoms with van der Waals surface area (Å²) in [5.74, 6) is -1.48. The molecule has 1 atom stereocenters. The molecule has 0 spiro atoms. The van der Waals surface area contributed by atoms with Crippen LogP contribution in [0, 0.1) is 0 Å². The second-order valence-corrected chi connectivity index (χ2v) is 5.30. The largest absolute Gasteiger partial charge is 0.508 e. The van der Waals surface area contributed by atoms with Crippen molar-refractivity contribution in [2.24, 2.45) is 5.73 Å². The van der Waals surface area contributed by atoms with E-state index in [1.807, 2.05) is 0 Å². The zero-order valence-corrected chi connectivity index (χ0v) is 12.1. The summed E-state index contributed by atoms with van der Waals surface area (Å²) < 4.78 is 0. The highest BCUT2D eigenvalue weighted by Crippen LogP contribution is 2.33. The molecule has 3 N–H and O–H groups in total. The first-order valence-corrected chi connectivity index (χ1v) is 7.03. The number of primary amides is 1. The van der Waals surface area contributed by atoms with Gasteiger partial charge in [0.25, 0.3) is 11.8 Å². The highest BCUT2D eigenvalue weighted by Gasteiger charge is 2.40. The number of imide groups is 1. The molecule has 3 rings (SSSR count). The van der Waals surface area contributed by atoms with E-state index in [1.165, 1.54) is 12.1 Å². The monoisotopic (exact) mass is 310 g/mol. The number of phenols is 1. The quantitative estimate of drug-likeness (QED) is 0.838. The van der Waals surface area contributed by atoms with Gasteiger partial charge >= 0.3 is 0 Å². The van der Waals surface area contributed by atoms with Gasteiger partial charge in [-0.1, -0.05) is 24.3 Å². The summed E-state index contributed by atoms with van der Waals surface area (Å²) in [7, 11) is 0. The van der Waals surface area contributed by atoms with E-state index in [0.717, 1.165) is 4.90 Å². The van der Waals surface area contributed by atoms with E-state index < -0.39 is 23.8 Å². The van der Waals surface area contributed by atoms with Gasteiger partial charge in [0, 0.05) is 0 Å². The van der Waals surface area contributed by atoms with E-state index in [4.69, 9.17) is 5.73 Å². The van der Waals surface area contributed by atoms with Gasteiger partial charge in [0.2, 0.25) is 5.91 Å². The smallest absolute Gasteiger partial charge is 0.262 e. The molecular formula is C17H14N2O4. The molecule has 0 saturated carbocycles. The number of rotatable bonds is 4. The summed E-state index contributed by atoms with van der Waals surface area (Å²) in [5.41, 5.74) is 6.46. The van der Waals surface area contributed by atoms with Crippen molar-refractivity contribution < 1.29 is 19.5 Å². The minimum absolute atomic E-state index is 0.0499. The lowest BCUT2D eigenvalue weighted by atomic mass is 10.0. The summed E-state index contributed by atoms with van der Waals surface area (Å²) in [5, 5.41) is 9.39. The molecule has 2 aromatic carbocycles. The van der Waals surface area contributed by atoms with E-state index in [2.05, 4.69) is 0 Å². The van der Waals surface area contributed by atoms with Gasteiger partial charge < -0.3 is 10.8 Å². The van der Waals surface area contributed by atoms with Gasteiger partial charge in [-0.15, -0.1) is 0 Å². The molecule has 0 saturated heterocycles. The first kappa shape index (κ1) is 14.8. The average Bonchev–Trinajstić information content (AvgIpc) is 2.78. The van der Waals surface area contributed by atoms with Gasteiger partial charge in [0.15, 0.2) is 0 Å². The molecule has 0 aromatic heterocycles. The molecule has 1 heterocycles. The molecule has 0 bridgehead atoms. The van der Waals surface area contributed by atoms with Crippen LogP contribution < -0.4 is 5.73 Å². The molecule has 0 fully saturated rings. The zero-order valence-electron chi connectivity index (χ0n) is 12.1. The molecule has 3 amide bonds. The van der Waals surface area contributed by atoms with Crippen molar-refractivity contribution in [3.05, 3.63) is 65.2 Å². The Kier molecular flexibility index (Phi) is 3.57. The van der Waals surface area contributed by atoms with Crippen LogP contribution in [0.25, 0.3) is 0 Å². The van der Waals surface area contributed by atoms with E-state index in [9.17, 15) is 19.5 Å². The minimum Gasteiger partial charge on any atom is -0.508 e. The van der Waals surface area contributed by atoms with Crippen molar-refractivity contribution in [2.75, 3.05) is 0 Å². The first-order chi connectivity index (χ1) is 11.0. The van der Waals surface area contributed by atoms with Crippen LogP contribution >= 0.6 is 0 Å². The third-order valence-corrected chi connectivity index (χ3v) is 3.81. The summed E-state index contributed by atoms with van der Waals surface area (Å²) in [6.07, 6.45) is -0.184. The Morgan fingerprint density at radius 1 is 1.00 bits per heavy atom. The Balaban J connectivity index is 2.04. The summed E-state index contributed by atoms with van der Waals surface area (Å²) in [4.78, 5) is 37.6. The van der Waals surface area contributed by atoms with Crippen LogP contribution in [0.1, 0.15) is 38.7 Å². The van der Waals surface area contributed by atoms with Gasteiger partial charge in [-0.2, -0.15) is 0 Å². The average molecular weight is 310 g/mol. The number of nitrogens with two attached hydrogens (primary N) is 1. The van der Waals surface area contributed by atoms with Crippen LogP contribution in [0.4, 0.5) is 0 Å². The van der Waals surface area contributed by atoms with E-state index in [0.29, 0.717) is 16.7 Å². The molecule has 116 valence electrons. The second-order valence-electron chi connectivity index (χ2n) is 5.30. The molecule has 6 nitrogen and oxygen atoms in total. The number of carbonyl (C=O) groups is 3. The fourth-order valence-electron chi connectivity index (χ4n) is 2.74. The lowest BCUT2D eigenvalue weighted by Gasteiger charge is -2.25. The number of carbonyl (C=O) groups excluding carboxylic acids is 3. The summed E-state index contributed by atoms with van der Waals surface area (Å²) >= 11 is 0. The van der Waals surface area contributed by atoms with Gasteiger partial charge in [-0.3, -0.25) is 19.3 Å². The fraction of sp³-hybridized carbons (Fsp3) is 0.118. The van der Waals surface area contributed by atoms with Crippen molar-refractivity contribution >= 4 is 17.7 Å². The molecule has 0 aliphatic carbocycles. The number of benzene rings is 2. The number of hydrogen-bond donors (Lipinski definition) is 2. The normalized spacial score (nSPS) is 14.7. The zero-order chi connectivity index (χ0) is 16.6. The molecule has 6 heteroatoms. The number of phenolic OH excluding ortho intramolecular Hbond substituents is 1. The van der Waals surface area contributed by atoms with Gasteiger partial charge in [-0.05, 0) is 29.8 Å². The number of aromatic hydroxyl groups is 1. The van der Waals surface area contributed by atoms with Gasteiger partial charge in [-0.25, -0.2) is 0 Å². The molecule has 2 aromatic rings. The van der Waals surface area contributed by atoms with Crippen LogP contribution in [0.3, 0.4) is 0 Å². The van der Waals surface area contributed by atoms with Crippen molar-refractivity contribution in [3.63, 3.8) is 0 Å². The van der Waals surface area contributed by atoms with Gasteiger partial charge in [0.1, 0.15) is 5.75 Å². The Morgan fingerprint density at radius 3 is 2.00 bits per heavy atom. The van der Waals surface area contributed by atoms with Crippen LogP contribution in [-0.2, 0) is 4.79 Å². The van der Waals surface area contributed by atoms with E-state index >= 15 is 0 Å². The molecule has 1 unspecified atom stereocenters. The van der Waals surface area contributed by atoms with Crippen LogP contribution in [0.15, 0.2) is 48.5 Å². The summed E-state index contributed by atoms with van der Waals surface area (Å²) in [6.45, 7) is 0. The Hall–Kier alpha value is -3.15. The number of nitrogens with zero attached hydrogens (tertiary/aromatic N) is 1. The first-order valence-electron chi connectivity index (χ1n) is 7.03. The number of hydrogen-bond acceptors (Lipinski definition) is 4. The van der Waals surface area contributed by atoms with Gasteiger partial charge in [0.05, 0.1) is 23.6 Å².